The third kappa shape index (κ3) is 5.96. The van der Waals surface area contributed by atoms with Crippen molar-refractivity contribution in [3.8, 4) is 11.4 Å². The van der Waals surface area contributed by atoms with Crippen LogP contribution in [-0.4, -0.2) is 52.6 Å². The number of carbonyl (C=O) groups is 2. The summed E-state index contributed by atoms with van der Waals surface area (Å²) in [5, 5.41) is 13.0. The van der Waals surface area contributed by atoms with Crippen LogP contribution in [-0.2, 0) is 28.9 Å². The first-order valence-electron chi connectivity index (χ1n) is 12.9. The van der Waals surface area contributed by atoms with E-state index < -0.39 is 5.97 Å². The van der Waals surface area contributed by atoms with Crippen LogP contribution in [0, 0.1) is 5.92 Å². The largest absolute Gasteiger partial charge is 0.465 e. The number of nitrogens with zero attached hydrogens (tertiary/aromatic N) is 4. The minimum Gasteiger partial charge on any atom is -0.465 e. The lowest BCUT2D eigenvalue weighted by Crippen LogP contribution is -2.21. The molecule has 0 saturated carbocycles. The van der Waals surface area contributed by atoms with Crippen LogP contribution < -0.4 is 10.2 Å². The predicted octanol–water partition coefficient (Wildman–Crippen LogP) is 5.68. The Balaban J connectivity index is 1.49. The molecular formula is C28H35N5O3S2. The van der Waals surface area contributed by atoms with Crippen LogP contribution in [0.5, 0.6) is 0 Å². The highest BCUT2D eigenvalue weighted by Gasteiger charge is 2.29. The average molecular weight is 554 g/mol. The van der Waals surface area contributed by atoms with E-state index in [0.717, 1.165) is 59.9 Å². The summed E-state index contributed by atoms with van der Waals surface area (Å²) < 4.78 is 7.00. The van der Waals surface area contributed by atoms with Gasteiger partial charge >= 0.3 is 5.97 Å². The molecule has 8 nitrogen and oxygen atoms in total. The lowest BCUT2D eigenvalue weighted by molar-refractivity contribution is -0.113. The quantitative estimate of drug-likeness (QED) is 0.186. The van der Waals surface area contributed by atoms with E-state index in [1.807, 2.05) is 16.7 Å². The van der Waals surface area contributed by atoms with Crippen molar-refractivity contribution in [1.29, 1.82) is 0 Å². The second kappa shape index (κ2) is 12.6. The third-order valence-electron chi connectivity index (χ3n) is 6.77. The Morgan fingerprint density at radius 3 is 2.66 bits per heavy atom. The SMILES string of the molecule is C=CCn1c(SCC(=O)Nc2sc3c(c2C(=O)OC)CCC(C)C3)nnc1-c1ccc(N(CC)CC)cc1. The van der Waals surface area contributed by atoms with Gasteiger partial charge in [-0.3, -0.25) is 9.36 Å². The van der Waals surface area contributed by atoms with Gasteiger partial charge in [0.1, 0.15) is 5.00 Å². The number of benzene rings is 1. The lowest BCUT2D eigenvalue weighted by Gasteiger charge is -2.21. The second-order valence-electron chi connectivity index (χ2n) is 9.31. The standard InChI is InChI=1S/C28H35N5O3S2/c1-6-15-33-25(19-10-12-20(13-11-19)32(7-2)8-3)30-31-28(33)37-17-23(34)29-26-24(27(35)36-5)21-14-9-18(4)16-22(21)38-26/h6,10-13,18H,1,7-9,14-17H2,2-5H3,(H,29,34). The summed E-state index contributed by atoms with van der Waals surface area (Å²) in [6.45, 7) is 12.8. The number of thiophene rings is 1. The van der Waals surface area contributed by atoms with Gasteiger partial charge in [0.05, 0.1) is 18.4 Å². The molecule has 1 N–H and O–H groups in total. The van der Waals surface area contributed by atoms with Gasteiger partial charge in [-0.2, -0.15) is 0 Å². The minimum atomic E-state index is -0.401. The number of allylic oxidation sites excluding steroid dienone is 1. The summed E-state index contributed by atoms with van der Waals surface area (Å²) in [4.78, 5) is 29.0. The Hall–Kier alpha value is -3.11. The molecule has 1 unspecified atom stereocenters. The maximum atomic E-state index is 13.0. The van der Waals surface area contributed by atoms with Gasteiger partial charge in [0, 0.05) is 35.8 Å². The van der Waals surface area contributed by atoms with Crippen molar-refractivity contribution in [3.05, 3.63) is 52.9 Å². The number of rotatable bonds is 11. The predicted molar refractivity (Wildman–Crippen MR) is 155 cm³/mol. The van der Waals surface area contributed by atoms with Gasteiger partial charge in [-0.15, -0.1) is 28.1 Å². The van der Waals surface area contributed by atoms with E-state index in [2.05, 4.69) is 59.9 Å². The zero-order valence-corrected chi connectivity index (χ0v) is 24.1. The van der Waals surface area contributed by atoms with Crippen LogP contribution in [0.15, 0.2) is 42.1 Å². The van der Waals surface area contributed by atoms with E-state index >= 15 is 0 Å². The maximum absolute atomic E-state index is 13.0. The fraction of sp³-hybridized carbons (Fsp3) is 0.429. The number of ether oxygens (including phenoxy) is 1. The number of aromatic nitrogens is 3. The van der Waals surface area contributed by atoms with E-state index in [1.165, 1.54) is 30.2 Å². The van der Waals surface area contributed by atoms with Crippen LogP contribution in [0.1, 0.15) is 48.0 Å². The zero-order chi connectivity index (χ0) is 27.2. The molecular weight excluding hydrogens is 518 g/mol. The van der Waals surface area contributed by atoms with Crippen molar-refractivity contribution < 1.29 is 14.3 Å². The summed E-state index contributed by atoms with van der Waals surface area (Å²) in [6, 6.07) is 8.28. The number of nitrogens with one attached hydrogen (secondary N) is 1. The number of esters is 1. The molecule has 10 heteroatoms. The maximum Gasteiger partial charge on any atom is 0.341 e. The van der Waals surface area contributed by atoms with Gasteiger partial charge in [0.2, 0.25) is 5.91 Å². The summed E-state index contributed by atoms with van der Waals surface area (Å²) in [6.07, 6.45) is 4.56. The summed E-state index contributed by atoms with van der Waals surface area (Å²) in [5.41, 5.74) is 3.64. The summed E-state index contributed by atoms with van der Waals surface area (Å²) in [5.74, 6) is 0.819. The van der Waals surface area contributed by atoms with Crippen molar-refractivity contribution in [2.75, 3.05) is 36.2 Å². The van der Waals surface area contributed by atoms with E-state index in [1.54, 1.807) is 6.08 Å². The Kier molecular flexibility index (Phi) is 9.27. The van der Waals surface area contributed by atoms with Crippen LogP contribution in [0.3, 0.4) is 0 Å². The van der Waals surface area contributed by atoms with E-state index in [-0.39, 0.29) is 11.7 Å². The Labute approximate surface area is 232 Å². The molecule has 1 amide bonds. The number of thioether (sulfide) groups is 1. The van der Waals surface area contributed by atoms with Crippen LogP contribution >= 0.6 is 23.1 Å². The molecule has 1 aliphatic rings. The van der Waals surface area contributed by atoms with E-state index in [9.17, 15) is 9.59 Å². The fourth-order valence-electron chi connectivity index (χ4n) is 4.76. The molecule has 2 heterocycles. The molecule has 2 aromatic heterocycles. The van der Waals surface area contributed by atoms with Crippen molar-refractivity contribution >= 4 is 45.7 Å². The van der Waals surface area contributed by atoms with Crippen molar-refractivity contribution in [2.45, 2.75) is 51.7 Å². The van der Waals surface area contributed by atoms with Gasteiger partial charge in [0.15, 0.2) is 11.0 Å². The average Bonchev–Trinajstić information content (AvgIpc) is 3.48. The van der Waals surface area contributed by atoms with E-state index in [4.69, 9.17) is 4.74 Å². The molecule has 4 rings (SSSR count). The molecule has 0 aliphatic heterocycles. The number of carbonyl (C=O) groups excluding carboxylic acids is 2. The van der Waals surface area contributed by atoms with Crippen LogP contribution in [0.25, 0.3) is 11.4 Å². The van der Waals surface area contributed by atoms with Gasteiger partial charge < -0.3 is 15.0 Å². The molecule has 38 heavy (non-hydrogen) atoms. The number of amides is 1. The monoisotopic (exact) mass is 553 g/mol. The van der Waals surface area contributed by atoms with Gasteiger partial charge in [-0.05, 0) is 68.9 Å². The van der Waals surface area contributed by atoms with E-state index in [0.29, 0.717) is 28.2 Å². The highest BCUT2D eigenvalue weighted by atomic mass is 32.2. The number of anilines is 2. The molecule has 3 aromatic rings. The first-order valence-corrected chi connectivity index (χ1v) is 14.7. The van der Waals surface area contributed by atoms with Gasteiger partial charge in [-0.25, -0.2) is 4.79 Å². The molecule has 0 bridgehead atoms. The van der Waals surface area contributed by atoms with Crippen LogP contribution in [0.4, 0.5) is 10.7 Å². The lowest BCUT2D eigenvalue weighted by atomic mass is 9.88. The molecule has 202 valence electrons. The molecule has 1 atom stereocenters. The fourth-order valence-corrected chi connectivity index (χ4v) is 6.93. The molecule has 0 fully saturated rings. The number of methoxy groups -OCH3 is 1. The smallest absolute Gasteiger partial charge is 0.341 e. The normalized spacial score (nSPS) is 14.6. The van der Waals surface area contributed by atoms with Crippen molar-refractivity contribution in [1.82, 2.24) is 14.8 Å². The highest BCUT2D eigenvalue weighted by Crippen LogP contribution is 2.40. The molecule has 1 aromatic carbocycles. The third-order valence-corrected chi connectivity index (χ3v) is 8.91. The number of hydrogen-bond acceptors (Lipinski definition) is 8. The molecule has 0 radical (unpaired) electrons. The summed E-state index contributed by atoms with van der Waals surface area (Å²) >= 11 is 2.80. The molecule has 0 saturated heterocycles. The highest BCUT2D eigenvalue weighted by molar-refractivity contribution is 7.99. The Morgan fingerprint density at radius 2 is 2.00 bits per heavy atom. The van der Waals surface area contributed by atoms with Gasteiger partial charge in [-0.1, -0.05) is 24.8 Å². The Morgan fingerprint density at radius 1 is 1.26 bits per heavy atom. The van der Waals surface area contributed by atoms with Crippen LogP contribution in [0.2, 0.25) is 0 Å². The first-order chi connectivity index (χ1) is 18.4. The number of fused-ring (bicyclic) bond motifs is 1. The number of hydrogen-bond donors (Lipinski definition) is 1. The zero-order valence-electron chi connectivity index (χ0n) is 22.5. The molecule has 1 aliphatic carbocycles. The second-order valence-corrected chi connectivity index (χ2v) is 11.4. The van der Waals surface area contributed by atoms with Crippen molar-refractivity contribution in [2.24, 2.45) is 5.92 Å². The Bertz CT molecular complexity index is 1290. The molecule has 0 spiro atoms. The van der Waals surface area contributed by atoms with Crippen molar-refractivity contribution in [3.63, 3.8) is 0 Å². The minimum absolute atomic E-state index is 0.135. The topological polar surface area (TPSA) is 89.3 Å². The first kappa shape index (κ1) is 27.9. The van der Waals surface area contributed by atoms with Gasteiger partial charge in [0.25, 0.3) is 0 Å². The summed E-state index contributed by atoms with van der Waals surface area (Å²) in [7, 11) is 1.38.